The normalized spacial score (nSPS) is 15.3. The quantitative estimate of drug-likeness (QED) is 0.533. The number of halogens is 1. The van der Waals surface area contributed by atoms with E-state index in [0.717, 1.165) is 18.8 Å². The minimum atomic E-state index is -1.44. The van der Waals surface area contributed by atoms with Crippen molar-refractivity contribution in [2.75, 3.05) is 38.3 Å². The summed E-state index contributed by atoms with van der Waals surface area (Å²) in [5.41, 5.74) is 2.61. The van der Waals surface area contributed by atoms with Crippen LogP contribution in [0.3, 0.4) is 0 Å². The number of morpholine rings is 1. The third-order valence-corrected chi connectivity index (χ3v) is 5.86. The fraction of sp³-hybridized carbons (Fsp3) is 0.353. The summed E-state index contributed by atoms with van der Waals surface area (Å²) >= 11 is 6.55. The van der Waals surface area contributed by atoms with Crippen LogP contribution in [-0.2, 0) is 21.3 Å². The number of fused-ring (bicyclic) bond motifs is 1. The molecule has 8 nitrogen and oxygen atoms in total. The molecule has 11 heteroatoms. The number of imidazole rings is 1. The third kappa shape index (κ3) is 4.50. The van der Waals surface area contributed by atoms with Crippen molar-refractivity contribution in [3.05, 3.63) is 35.1 Å². The van der Waals surface area contributed by atoms with Crippen LogP contribution < -0.4 is 39.2 Å². The van der Waals surface area contributed by atoms with Gasteiger partial charge in [0.15, 0.2) is 10.8 Å². The van der Waals surface area contributed by atoms with Gasteiger partial charge in [0.2, 0.25) is 5.88 Å². The number of nitrogens with one attached hydrogen (secondary N) is 1. The molecule has 0 aromatic carbocycles. The molecule has 0 radical (unpaired) electrons. The van der Waals surface area contributed by atoms with Gasteiger partial charge in [-0.25, -0.2) is 4.98 Å². The van der Waals surface area contributed by atoms with Crippen molar-refractivity contribution in [2.24, 2.45) is 0 Å². The monoisotopic (exact) mass is 431 g/mol. The predicted octanol–water partition coefficient (Wildman–Crippen LogP) is -0.724. The Bertz CT molecular complexity index is 1000. The maximum atomic E-state index is 12.8. The van der Waals surface area contributed by atoms with Crippen LogP contribution in [0.2, 0.25) is 5.02 Å². The minimum Gasteiger partial charge on any atom is -1.00 e. The average molecular weight is 432 g/mol. The van der Waals surface area contributed by atoms with Gasteiger partial charge >= 0.3 is 29.6 Å². The van der Waals surface area contributed by atoms with Gasteiger partial charge in [0, 0.05) is 25.4 Å². The number of methoxy groups -OCH3 is 1. The number of nitrogens with zero attached hydrogens (tertiary/aromatic N) is 4. The molecule has 0 bridgehead atoms. The number of ether oxygens (including phenoxy) is 2. The van der Waals surface area contributed by atoms with Crippen LogP contribution in [0.1, 0.15) is 7.12 Å². The Labute approximate surface area is 193 Å². The second kappa shape index (κ2) is 9.51. The summed E-state index contributed by atoms with van der Waals surface area (Å²) in [6.45, 7) is 2.86. The summed E-state index contributed by atoms with van der Waals surface area (Å²) in [7, 11) is 0.1000. The molecule has 4 heterocycles. The van der Waals surface area contributed by atoms with Crippen molar-refractivity contribution in [1.82, 2.24) is 19.9 Å². The van der Waals surface area contributed by atoms with Crippen molar-refractivity contribution in [3.8, 4) is 5.88 Å². The standard InChI is InChI=1S/C17H18ClN5O3S.Na.H/c1-25-14-3-2-11-16(21-14)22-17(20-11)27(24)10-12-15(18)13(4-5-19-12)23-6-8-26-9-7-23;;/h2-5H,6-10H2,1H3,(H,20,21,22);;/q;+1;-1/t27-;;/m1../s1. The fourth-order valence-corrected chi connectivity index (χ4v) is 4.29. The molecule has 1 aliphatic heterocycles. The number of pyridine rings is 2. The van der Waals surface area contributed by atoms with E-state index in [1.807, 2.05) is 6.07 Å². The first-order chi connectivity index (χ1) is 13.2. The molecule has 0 aliphatic carbocycles. The van der Waals surface area contributed by atoms with E-state index in [2.05, 4.69) is 24.8 Å². The summed E-state index contributed by atoms with van der Waals surface area (Å²) in [5, 5.41) is 0.851. The van der Waals surface area contributed by atoms with E-state index in [0.29, 0.717) is 46.1 Å². The molecule has 3 aromatic heterocycles. The van der Waals surface area contributed by atoms with Crippen molar-refractivity contribution >= 4 is 39.3 Å². The van der Waals surface area contributed by atoms with E-state index < -0.39 is 10.8 Å². The number of aromatic amines is 1. The van der Waals surface area contributed by atoms with E-state index in [1.54, 1.807) is 18.3 Å². The van der Waals surface area contributed by atoms with Crippen molar-refractivity contribution in [1.29, 1.82) is 0 Å². The molecule has 4 rings (SSSR count). The molecule has 1 N–H and O–H groups in total. The molecule has 1 atom stereocenters. The number of hydrogen-bond acceptors (Lipinski definition) is 7. The smallest absolute Gasteiger partial charge is 1.00 e. The summed E-state index contributed by atoms with van der Waals surface area (Å²) in [5.74, 6) is 0.614. The van der Waals surface area contributed by atoms with E-state index in [1.165, 1.54) is 7.11 Å². The molecule has 28 heavy (non-hydrogen) atoms. The number of hydrogen-bond donors (Lipinski definition) is 1. The largest absolute Gasteiger partial charge is 1.00 e. The third-order valence-electron chi connectivity index (χ3n) is 4.28. The fourth-order valence-electron chi connectivity index (χ4n) is 2.89. The van der Waals surface area contributed by atoms with Gasteiger partial charge in [-0.15, -0.1) is 0 Å². The Kier molecular flexibility index (Phi) is 7.30. The first-order valence-corrected chi connectivity index (χ1v) is 10.1. The summed E-state index contributed by atoms with van der Waals surface area (Å²) in [4.78, 5) is 18.1. The van der Waals surface area contributed by atoms with Gasteiger partial charge in [0.05, 0.1) is 58.8 Å². The topological polar surface area (TPSA) is 93.2 Å². The summed E-state index contributed by atoms with van der Waals surface area (Å²) < 4.78 is 23.3. The zero-order valence-corrected chi connectivity index (χ0v) is 19.2. The first-order valence-electron chi connectivity index (χ1n) is 8.41. The van der Waals surface area contributed by atoms with Gasteiger partial charge in [-0.05, 0) is 12.1 Å². The van der Waals surface area contributed by atoms with Crippen LogP contribution in [0.25, 0.3) is 11.2 Å². The second-order valence-electron chi connectivity index (χ2n) is 5.95. The molecule has 0 spiro atoms. The maximum absolute atomic E-state index is 12.8. The van der Waals surface area contributed by atoms with Crippen LogP contribution in [0.15, 0.2) is 29.6 Å². The van der Waals surface area contributed by atoms with Gasteiger partial charge < -0.3 is 20.8 Å². The molecule has 0 unspecified atom stereocenters. The molecule has 3 aromatic rings. The maximum Gasteiger partial charge on any atom is 1.00 e. The molecule has 1 aliphatic rings. The average Bonchev–Trinajstić information content (AvgIpc) is 3.13. The van der Waals surface area contributed by atoms with Crippen molar-refractivity contribution in [2.45, 2.75) is 10.9 Å². The first kappa shape index (κ1) is 21.5. The number of aromatic nitrogens is 4. The van der Waals surface area contributed by atoms with Gasteiger partial charge in [-0.3, -0.25) is 9.19 Å². The van der Waals surface area contributed by atoms with Crippen LogP contribution in [-0.4, -0.2) is 57.6 Å². The Morgan fingerprint density at radius 3 is 2.86 bits per heavy atom. The summed E-state index contributed by atoms with van der Waals surface area (Å²) in [6.07, 6.45) is 1.69. The van der Waals surface area contributed by atoms with Crippen LogP contribution in [0.5, 0.6) is 5.88 Å². The molecular weight excluding hydrogens is 413 g/mol. The summed E-state index contributed by atoms with van der Waals surface area (Å²) in [6, 6.07) is 5.38. The molecule has 0 amide bonds. The van der Waals surface area contributed by atoms with Crippen molar-refractivity contribution in [3.63, 3.8) is 0 Å². The number of rotatable bonds is 5. The molecular formula is C17H19ClN5NaO3S. The number of anilines is 1. The van der Waals surface area contributed by atoms with Gasteiger partial charge in [-0.2, -0.15) is 4.98 Å². The molecule has 1 fully saturated rings. The van der Waals surface area contributed by atoms with Gasteiger partial charge in [0.25, 0.3) is 0 Å². The molecule has 0 saturated carbocycles. The van der Waals surface area contributed by atoms with E-state index in [-0.39, 0.29) is 36.7 Å². The van der Waals surface area contributed by atoms with Crippen LogP contribution in [0.4, 0.5) is 5.69 Å². The Morgan fingerprint density at radius 1 is 1.32 bits per heavy atom. The van der Waals surface area contributed by atoms with E-state index in [4.69, 9.17) is 21.1 Å². The minimum absolute atomic E-state index is 0. The Hall–Kier alpha value is -1.23. The number of H-pyrrole nitrogens is 1. The SMILES string of the molecule is COc1ccc2[nH]c([S@](=O)Cc3nccc(N4CCOCC4)c3Cl)nc2n1.[H-].[Na+]. The zero-order chi connectivity index (χ0) is 18.8. The van der Waals surface area contributed by atoms with E-state index in [9.17, 15) is 4.21 Å². The Morgan fingerprint density at radius 2 is 2.11 bits per heavy atom. The zero-order valence-electron chi connectivity index (χ0n) is 16.6. The molecule has 144 valence electrons. The van der Waals surface area contributed by atoms with E-state index >= 15 is 0 Å². The Balaban J connectivity index is 0.00000150. The van der Waals surface area contributed by atoms with Gasteiger partial charge in [-0.1, -0.05) is 11.6 Å². The molecule has 1 saturated heterocycles. The predicted molar refractivity (Wildman–Crippen MR) is 104 cm³/mol. The van der Waals surface area contributed by atoms with Gasteiger partial charge in [0.1, 0.15) is 0 Å². The second-order valence-corrected chi connectivity index (χ2v) is 7.69. The van der Waals surface area contributed by atoms with Crippen LogP contribution >= 0.6 is 11.6 Å². The van der Waals surface area contributed by atoms with Crippen LogP contribution in [0, 0.1) is 0 Å². The van der Waals surface area contributed by atoms with Crippen molar-refractivity contribution < 1.29 is 44.7 Å².